The first-order chi connectivity index (χ1) is 14.6. The van der Waals surface area contributed by atoms with E-state index in [1.165, 1.54) is 24.3 Å². The Labute approximate surface area is 207 Å². The van der Waals surface area contributed by atoms with Gasteiger partial charge in [-0.25, -0.2) is 4.79 Å². The zero-order chi connectivity index (χ0) is 22.8. The summed E-state index contributed by atoms with van der Waals surface area (Å²) in [5.41, 5.74) is -2.82. The van der Waals surface area contributed by atoms with Crippen molar-refractivity contribution in [3.05, 3.63) is 53.1 Å². The Bertz CT molecular complexity index is 1130. The maximum absolute atomic E-state index is 13.6. The van der Waals surface area contributed by atoms with Crippen molar-refractivity contribution in [1.82, 2.24) is 0 Å². The number of nitrogens with zero attached hydrogens (tertiary/aromatic N) is 2. The number of benzene rings is 2. The molecule has 0 aliphatic carbocycles. The molecular formula is C19H13F3N4O4PY-. The van der Waals surface area contributed by atoms with Gasteiger partial charge in [-0.1, -0.05) is 10.8 Å². The Kier molecular flexibility index (Phi) is 7.99. The summed E-state index contributed by atoms with van der Waals surface area (Å²) in [5, 5.41) is 25.9. The molecule has 2 aromatic rings. The SMILES string of the molecule is N#Cc1ccc(C(=O)Nc2[c-]cc(C3(C(F)(F)F)CC=NO3)cc2P)cc1NC(=O)O.[Y]. The van der Waals surface area contributed by atoms with E-state index < -0.39 is 30.2 Å². The molecule has 8 nitrogen and oxygen atoms in total. The minimum atomic E-state index is -4.73. The molecule has 0 saturated heterocycles. The van der Waals surface area contributed by atoms with E-state index in [1.54, 1.807) is 6.07 Å². The summed E-state index contributed by atoms with van der Waals surface area (Å²) in [6, 6.07) is 10.4. The topological polar surface area (TPSA) is 124 Å². The second kappa shape index (κ2) is 9.94. The molecule has 13 heteroatoms. The molecule has 0 saturated carbocycles. The summed E-state index contributed by atoms with van der Waals surface area (Å²) >= 11 is 0. The molecule has 3 rings (SSSR count). The smallest absolute Gasteiger partial charge is 0.424 e. The molecule has 1 aliphatic heterocycles. The van der Waals surface area contributed by atoms with Crippen molar-refractivity contribution < 1.29 is 65.4 Å². The number of hydrogen-bond donors (Lipinski definition) is 3. The van der Waals surface area contributed by atoms with Crippen LogP contribution in [0.5, 0.6) is 0 Å². The van der Waals surface area contributed by atoms with Crippen LogP contribution in [-0.4, -0.2) is 29.5 Å². The molecule has 3 N–H and O–H groups in total. The molecule has 0 fully saturated rings. The summed E-state index contributed by atoms with van der Waals surface area (Å²) in [7, 11) is 2.21. The molecule has 2 amide bonds. The van der Waals surface area contributed by atoms with Crippen molar-refractivity contribution in [3.8, 4) is 6.07 Å². The van der Waals surface area contributed by atoms with Gasteiger partial charge < -0.3 is 15.3 Å². The fourth-order valence-corrected chi connectivity index (χ4v) is 3.21. The van der Waals surface area contributed by atoms with Gasteiger partial charge in [0.05, 0.1) is 11.3 Å². The number of amides is 2. The van der Waals surface area contributed by atoms with Gasteiger partial charge in [-0.05, 0) is 18.2 Å². The van der Waals surface area contributed by atoms with E-state index >= 15 is 0 Å². The maximum atomic E-state index is 13.6. The minimum Gasteiger partial charge on any atom is -0.465 e. The van der Waals surface area contributed by atoms with Crippen molar-refractivity contribution in [2.45, 2.75) is 18.2 Å². The Morgan fingerprint density at radius 2 is 2.03 bits per heavy atom. The second-order valence-electron chi connectivity index (χ2n) is 6.38. The predicted molar refractivity (Wildman–Crippen MR) is 107 cm³/mol. The van der Waals surface area contributed by atoms with Gasteiger partial charge in [0.25, 0.3) is 5.91 Å². The molecule has 2 aromatic carbocycles. The van der Waals surface area contributed by atoms with Crippen LogP contribution in [0.3, 0.4) is 0 Å². The van der Waals surface area contributed by atoms with E-state index in [4.69, 9.17) is 10.4 Å². The summed E-state index contributed by atoms with van der Waals surface area (Å²) in [6.45, 7) is 0. The van der Waals surface area contributed by atoms with Crippen LogP contribution in [0.15, 0.2) is 35.5 Å². The van der Waals surface area contributed by atoms with Gasteiger partial charge >= 0.3 is 12.3 Å². The second-order valence-corrected chi connectivity index (χ2v) is 7.01. The zero-order valence-electron chi connectivity index (χ0n) is 16.0. The normalized spacial score (nSPS) is 17.0. The van der Waals surface area contributed by atoms with Gasteiger partial charge in [0.2, 0.25) is 5.60 Å². The number of hydrogen-bond acceptors (Lipinski definition) is 5. The molecule has 0 spiro atoms. The van der Waals surface area contributed by atoms with E-state index in [0.29, 0.717) is 0 Å². The average Bonchev–Trinajstić information content (AvgIpc) is 3.20. The van der Waals surface area contributed by atoms with Crippen molar-refractivity contribution in [2.75, 3.05) is 10.6 Å². The first-order valence-corrected chi connectivity index (χ1v) is 9.09. The van der Waals surface area contributed by atoms with E-state index in [-0.39, 0.29) is 66.1 Å². The fraction of sp³-hybridized carbons (Fsp3) is 0.158. The average molecular weight is 538 g/mol. The molecular weight excluding hydrogens is 525 g/mol. The van der Waals surface area contributed by atoms with Crippen molar-refractivity contribution >= 4 is 44.1 Å². The van der Waals surface area contributed by atoms with Crippen LogP contribution in [0.1, 0.15) is 27.9 Å². The van der Waals surface area contributed by atoms with E-state index in [2.05, 4.69) is 30.6 Å². The molecule has 1 aliphatic rings. The number of halogens is 3. The quantitative estimate of drug-likeness (QED) is 0.407. The van der Waals surface area contributed by atoms with Gasteiger partial charge in [-0.3, -0.25) is 10.1 Å². The number of oxime groups is 1. The largest absolute Gasteiger partial charge is 0.465 e. The Morgan fingerprint density at radius 3 is 2.56 bits per heavy atom. The predicted octanol–water partition coefficient (Wildman–Crippen LogP) is 3.36. The van der Waals surface area contributed by atoms with Gasteiger partial charge in [-0.2, -0.15) is 45.9 Å². The number of nitriles is 1. The summed E-state index contributed by atoms with van der Waals surface area (Å²) in [4.78, 5) is 28.1. The van der Waals surface area contributed by atoms with Crippen LogP contribution < -0.4 is 15.9 Å². The van der Waals surface area contributed by atoms with Crippen LogP contribution in [-0.2, 0) is 43.1 Å². The first-order valence-electron chi connectivity index (χ1n) is 8.51. The standard InChI is InChI=1S/C19H13F3N4O4P.Y/c20-19(21,22)18(5-6-24-30-18)12-3-4-13(15(31)8-12)25-16(27)10-1-2-11(9-23)14(7-10)26-17(28)29;/h1-3,6-8,26H,5,31H2,(H,25,27)(H,28,29);/q-1;. The number of carbonyl (C=O) groups is 2. The summed E-state index contributed by atoms with van der Waals surface area (Å²) in [6.07, 6.45) is -5.61. The summed E-state index contributed by atoms with van der Waals surface area (Å²) in [5.74, 6) is -0.684. The fourth-order valence-electron chi connectivity index (χ4n) is 2.88. The van der Waals surface area contributed by atoms with E-state index in [1.807, 2.05) is 5.32 Å². The number of alkyl halides is 3. The Hall–Kier alpha value is -2.54. The molecule has 0 bridgehead atoms. The molecule has 2 unspecified atom stereocenters. The van der Waals surface area contributed by atoms with Crippen LogP contribution in [0.4, 0.5) is 29.3 Å². The van der Waals surface area contributed by atoms with Crippen molar-refractivity contribution in [2.24, 2.45) is 5.16 Å². The zero-order valence-corrected chi connectivity index (χ0v) is 20.0. The van der Waals surface area contributed by atoms with Crippen LogP contribution >= 0.6 is 9.24 Å². The molecule has 163 valence electrons. The number of carbonyl (C=O) groups excluding carboxylic acids is 1. The number of anilines is 2. The van der Waals surface area contributed by atoms with Crippen LogP contribution in [0.25, 0.3) is 0 Å². The summed E-state index contributed by atoms with van der Waals surface area (Å²) < 4.78 is 40.8. The van der Waals surface area contributed by atoms with Gasteiger partial charge in [-0.15, -0.1) is 10.9 Å². The Balaban J connectivity index is 0.00000363. The van der Waals surface area contributed by atoms with Gasteiger partial charge in [0, 0.05) is 50.9 Å². The third-order valence-electron chi connectivity index (χ3n) is 4.44. The monoisotopic (exact) mass is 538 g/mol. The molecule has 32 heavy (non-hydrogen) atoms. The first kappa shape index (κ1) is 25.7. The van der Waals surface area contributed by atoms with Gasteiger partial charge in [0.1, 0.15) is 6.07 Å². The number of rotatable bonds is 4. The van der Waals surface area contributed by atoms with E-state index in [9.17, 15) is 22.8 Å². The molecule has 1 heterocycles. The van der Waals surface area contributed by atoms with Crippen molar-refractivity contribution in [3.63, 3.8) is 0 Å². The minimum absolute atomic E-state index is 0. The maximum Gasteiger partial charge on any atom is 0.424 e. The van der Waals surface area contributed by atoms with Gasteiger partial charge in [0.15, 0.2) is 0 Å². The molecule has 0 aromatic heterocycles. The third-order valence-corrected chi connectivity index (χ3v) is 4.90. The van der Waals surface area contributed by atoms with Crippen LogP contribution in [0, 0.1) is 17.4 Å². The number of nitrogens with one attached hydrogen (secondary N) is 2. The molecule has 2 atom stereocenters. The third kappa shape index (κ3) is 5.09. The Morgan fingerprint density at radius 1 is 1.31 bits per heavy atom. The number of carboxylic acid groups (broad SMARTS) is 1. The van der Waals surface area contributed by atoms with E-state index in [0.717, 1.165) is 12.3 Å². The van der Waals surface area contributed by atoms with Crippen LogP contribution in [0.2, 0.25) is 0 Å². The molecule has 1 radical (unpaired) electrons. The van der Waals surface area contributed by atoms with Crippen molar-refractivity contribution in [1.29, 1.82) is 5.26 Å².